The Kier molecular flexibility index (Phi) is 4.97. The van der Waals surface area contributed by atoms with E-state index in [2.05, 4.69) is 4.99 Å². The largest absolute Gasteiger partial charge is 0.457 e. The molecule has 2 heterocycles. The number of nitrogens with zero attached hydrogens (tertiary/aromatic N) is 2. The molecule has 0 radical (unpaired) electrons. The molecule has 0 unspecified atom stereocenters. The first kappa shape index (κ1) is 19.6. The van der Waals surface area contributed by atoms with Crippen molar-refractivity contribution in [3.05, 3.63) is 91.8 Å². The molecule has 0 saturated carbocycles. The number of rotatable bonds is 4. The summed E-state index contributed by atoms with van der Waals surface area (Å²) in [5.74, 6) is 0.513. The van der Waals surface area contributed by atoms with Crippen molar-refractivity contribution < 1.29 is 18.9 Å². The predicted molar refractivity (Wildman–Crippen MR) is 112 cm³/mol. The molecule has 0 aliphatic carbocycles. The normalized spacial score (nSPS) is 14.7. The van der Waals surface area contributed by atoms with Crippen molar-refractivity contribution in [1.29, 1.82) is 0 Å². The maximum absolute atomic E-state index is 12.2. The van der Waals surface area contributed by atoms with Gasteiger partial charge in [-0.2, -0.15) is 0 Å². The summed E-state index contributed by atoms with van der Waals surface area (Å²) in [6.07, 6.45) is 1.48. The van der Waals surface area contributed by atoms with Crippen LogP contribution in [0.1, 0.15) is 22.5 Å². The van der Waals surface area contributed by atoms with Gasteiger partial charge >= 0.3 is 5.97 Å². The van der Waals surface area contributed by atoms with Gasteiger partial charge in [0.15, 0.2) is 5.70 Å². The van der Waals surface area contributed by atoms with Crippen molar-refractivity contribution in [3.63, 3.8) is 0 Å². The Balaban J connectivity index is 1.64. The monoisotopic (exact) mass is 422 g/mol. The van der Waals surface area contributed by atoms with Crippen LogP contribution >= 0.6 is 11.6 Å². The van der Waals surface area contributed by atoms with Gasteiger partial charge in [0.2, 0.25) is 5.90 Å². The highest BCUT2D eigenvalue weighted by Gasteiger charge is 2.25. The zero-order valence-corrected chi connectivity index (χ0v) is 16.8. The number of halogens is 1. The van der Waals surface area contributed by atoms with E-state index in [0.29, 0.717) is 28.2 Å². The summed E-state index contributed by atoms with van der Waals surface area (Å²) in [5, 5.41) is 11.0. The van der Waals surface area contributed by atoms with Crippen LogP contribution in [0.2, 0.25) is 5.02 Å². The lowest BCUT2D eigenvalue weighted by molar-refractivity contribution is -0.384. The van der Waals surface area contributed by atoms with Gasteiger partial charge in [0, 0.05) is 23.3 Å². The Morgan fingerprint density at radius 3 is 2.53 bits per heavy atom. The van der Waals surface area contributed by atoms with E-state index in [0.717, 1.165) is 5.56 Å². The Bertz CT molecular complexity index is 1240. The van der Waals surface area contributed by atoms with Gasteiger partial charge in [-0.1, -0.05) is 29.3 Å². The Labute approximate surface area is 176 Å². The molecule has 0 fully saturated rings. The molecule has 4 rings (SSSR count). The smallest absolute Gasteiger partial charge is 0.363 e. The molecule has 0 spiro atoms. The predicted octanol–water partition coefficient (Wildman–Crippen LogP) is 5.47. The number of furan rings is 1. The van der Waals surface area contributed by atoms with Crippen LogP contribution in [0.15, 0.2) is 63.6 Å². The van der Waals surface area contributed by atoms with Gasteiger partial charge in [0.05, 0.1) is 4.92 Å². The summed E-state index contributed by atoms with van der Waals surface area (Å²) < 4.78 is 11.0. The molecule has 2 aromatic carbocycles. The van der Waals surface area contributed by atoms with E-state index in [-0.39, 0.29) is 22.3 Å². The zero-order chi connectivity index (χ0) is 21.4. The van der Waals surface area contributed by atoms with E-state index < -0.39 is 10.9 Å². The first-order valence-corrected chi connectivity index (χ1v) is 9.34. The number of aliphatic imine (C=N–C) groups is 1. The van der Waals surface area contributed by atoms with E-state index >= 15 is 0 Å². The van der Waals surface area contributed by atoms with Crippen LogP contribution < -0.4 is 0 Å². The van der Waals surface area contributed by atoms with Crippen molar-refractivity contribution >= 4 is 35.2 Å². The van der Waals surface area contributed by atoms with E-state index in [9.17, 15) is 14.9 Å². The lowest BCUT2D eigenvalue weighted by Crippen LogP contribution is -2.05. The second kappa shape index (κ2) is 7.61. The van der Waals surface area contributed by atoms with Crippen LogP contribution in [0.4, 0.5) is 5.69 Å². The van der Waals surface area contributed by atoms with Crippen molar-refractivity contribution in [2.24, 2.45) is 4.99 Å². The third-order valence-electron chi connectivity index (χ3n) is 4.58. The molecular weight excluding hydrogens is 408 g/mol. The van der Waals surface area contributed by atoms with Crippen molar-refractivity contribution in [2.45, 2.75) is 13.8 Å². The number of hydrogen-bond acceptors (Lipinski definition) is 6. The van der Waals surface area contributed by atoms with Crippen LogP contribution in [0.5, 0.6) is 0 Å². The molecule has 0 saturated heterocycles. The Hall–Kier alpha value is -3.71. The fourth-order valence-electron chi connectivity index (χ4n) is 3.01. The van der Waals surface area contributed by atoms with Crippen molar-refractivity contribution in [1.82, 2.24) is 0 Å². The third-order valence-corrected chi connectivity index (χ3v) is 4.88. The molecule has 1 aliphatic rings. The summed E-state index contributed by atoms with van der Waals surface area (Å²) >= 11 is 6.02. The zero-order valence-electron chi connectivity index (χ0n) is 16.0. The first-order chi connectivity index (χ1) is 14.3. The molecule has 0 amide bonds. The Morgan fingerprint density at radius 2 is 1.83 bits per heavy atom. The molecule has 0 bridgehead atoms. The summed E-state index contributed by atoms with van der Waals surface area (Å²) in [4.78, 5) is 26.9. The molecule has 1 aliphatic heterocycles. The molecule has 0 atom stereocenters. The fourth-order valence-corrected chi connectivity index (χ4v) is 3.24. The standard InChI is InChI=1S/C22H15ClN2O5/c1-12-3-5-14(6-4-12)21-24-18(22(26)30-21)10-15-7-8-20(29-15)16-11-17(23)19(25(27)28)9-13(16)2/h3-11H,1-2H3/b18-10-. The summed E-state index contributed by atoms with van der Waals surface area (Å²) in [6, 6.07) is 13.7. The summed E-state index contributed by atoms with van der Waals surface area (Å²) in [5.41, 5.74) is 2.99. The number of benzene rings is 2. The minimum Gasteiger partial charge on any atom is -0.457 e. The maximum Gasteiger partial charge on any atom is 0.363 e. The third kappa shape index (κ3) is 3.75. The molecule has 150 valence electrons. The number of hydrogen-bond donors (Lipinski definition) is 0. The number of cyclic esters (lactones) is 1. The van der Waals surface area contributed by atoms with Crippen LogP contribution in [0.3, 0.4) is 0 Å². The average molecular weight is 423 g/mol. The highest BCUT2D eigenvalue weighted by atomic mass is 35.5. The highest BCUT2D eigenvalue weighted by Crippen LogP contribution is 2.34. The molecule has 7 nitrogen and oxygen atoms in total. The molecule has 8 heteroatoms. The summed E-state index contributed by atoms with van der Waals surface area (Å²) in [6.45, 7) is 3.69. The number of aryl methyl sites for hydroxylation is 2. The minimum absolute atomic E-state index is 0.0172. The average Bonchev–Trinajstić information content (AvgIpc) is 3.31. The molecular formula is C22H15ClN2O5. The second-order valence-corrected chi connectivity index (χ2v) is 7.19. The lowest BCUT2D eigenvalue weighted by Gasteiger charge is -2.04. The van der Waals surface area contributed by atoms with E-state index in [1.54, 1.807) is 19.1 Å². The maximum atomic E-state index is 12.2. The number of esters is 1. The molecule has 1 aromatic heterocycles. The lowest BCUT2D eigenvalue weighted by atomic mass is 10.1. The number of nitro groups is 1. The molecule has 30 heavy (non-hydrogen) atoms. The van der Waals surface area contributed by atoms with Crippen LogP contribution in [0.25, 0.3) is 17.4 Å². The van der Waals surface area contributed by atoms with Crippen LogP contribution in [-0.4, -0.2) is 16.8 Å². The van der Waals surface area contributed by atoms with Crippen LogP contribution in [0, 0.1) is 24.0 Å². The van der Waals surface area contributed by atoms with E-state index in [1.807, 2.05) is 31.2 Å². The van der Waals surface area contributed by atoms with Gasteiger partial charge in [0.1, 0.15) is 16.5 Å². The molecule has 3 aromatic rings. The highest BCUT2D eigenvalue weighted by molar-refractivity contribution is 6.33. The SMILES string of the molecule is Cc1ccc(C2=N/C(=C\c3ccc(-c4cc(Cl)c([N+](=O)[O-])cc4C)o3)C(=O)O2)cc1. The second-order valence-electron chi connectivity index (χ2n) is 6.78. The van der Waals surface area contributed by atoms with Gasteiger partial charge in [-0.25, -0.2) is 9.79 Å². The first-order valence-electron chi connectivity index (χ1n) is 8.96. The van der Waals surface area contributed by atoms with E-state index in [1.165, 1.54) is 18.2 Å². The topological polar surface area (TPSA) is 94.9 Å². The van der Waals surface area contributed by atoms with Gasteiger partial charge in [-0.05, 0) is 49.7 Å². The van der Waals surface area contributed by atoms with Crippen molar-refractivity contribution in [2.75, 3.05) is 0 Å². The van der Waals surface area contributed by atoms with Crippen LogP contribution in [-0.2, 0) is 9.53 Å². The minimum atomic E-state index is -0.571. The quantitative estimate of drug-likeness (QED) is 0.240. The number of nitro benzene ring substituents is 1. The van der Waals surface area contributed by atoms with Crippen molar-refractivity contribution in [3.8, 4) is 11.3 Å². The van der Waals surface area contributed by atoms with Gasteiger partial charge in [0.25, 0.3) is 5.69 Å². The number of carbonyl (C=O) groups excluding carboxylic acids is 1. The Morgan fingerprint density at radius 1 is 1.10 bits per heavy atom. The fraction of sp³-hybridized carbons (Fsp3) is 0.0909. The summed E-state index contributed by atoms with van der Waals surface area (Å²) in [7, 11) is 0. The van der Waals surface area contributed by atoms with E-state index in [4.69, 9.17) is 20.8 Å². The van der Waals surface area contributed by atoms with Gasteiger partial charge in [-0.3, -0.25) is 10.1 Å². The van der Waals surface area contributed by atoms with Gasteiger partial charge < -0.3 is 9.15 Å². The molecule has 0 N–H and O–H groups in total. The van der Waals surface area contributed by atoms with Gasteiger partial charge in [-0.15, -0.1) is 0 Å². The number of ether oxygens (including phenoxy) is 1. The number of carbonyl (C=O) groups is 1.